The maximum atomic E-state index is 11.9. The summed E-state index contributed by atoms with van der Waals surface area (Å²) in [5.74, 6) is 0. The zero-order chi connectivity index (χ0) is 12.2. The Morgan fingerprint density at radius 1 is 1.56 bits per heavy atom. The normalized spacial score (nSPS) is 30.3. The predicted octanol–water partition coefficient (Wildman–Crippen LogP) is 1.99. The Balaban J connectivity index is 2.30. The number of halogens is 3. The van der Waals surface area contributed by atoms with Crippen molar-refractivity contribution in [2.75, 3.05) is 13.7 Å². The third kappa shape index (κ3) is 3.65. The Bertz CT molecular complexity index is 274. The third-order valence-corrected chi connectivity index (χ3v) is 2.90. The molecule has 0 aromatic carbocycles. The fraction of sp³-hybridized carbons (Fsp3) is 0.900. The van der Waals surface area contributed by atoms with Crippen LogP contribution in [-0.2, 0) is 4.74 Å². The van der Waals surface area contributed by atoms with E-state index < -0.39 is 18.1 Å². The zero-order valence-electron chi connectivity index (χ0n) is 9.10. The van der Waals surface area contributed by atoms with Crippen LogP contribution in [0.25, 0.3) is 0 Å². The maximum absolute atomic E-state index is 11.9. The van der Waals surface area contributed by atoms with Crippen LogP contribution in [0.4, 0.5) is 13.2 Å². The molecule has 0 heterocycles. The molecule has 0 aromatic heterocycles. The van der Waals surface area contributed by atoms with Crippen molar-refractivity contribution < 1.29 is 17.9 Å². The van der Waals surface area contributed by atoms with Gasteiger partial charge in [0.1, 0.15) is 5.54 Å². The fourth-order valence-corrected chi connectivity index (χ4v) is 1.87. The van der Waals surface area contributed by atoms with Crippen LogP contribution in [0.15, 0.2) is 0 Å². The molecule has 1 saturated carbocycles. The van der Waals surface area contributed by atoms with Crippen molar-refractivity contribution in [3.8, 4) is 6.07 Å². The van der Waals surface area contributed by atoms with E-state index in [1.54, 1.807) is 7.05 Å². The molecule has 1 rings (SSSR count). The molecule has 0 bridgehead atoms. The molecule has 16 heavy (non-hydrogen) atoms. The molecule has 0 saturated heterocycles. The van der Waals surface area contributed by atoms with Gasteiger partial charge >= 0.3 is 6.18 Å². The van der Waals surface area contributed by atoms with Gasteiger partial charge in [-0.1, -0.05) is 0 Å². The quantitative estimate of drug-likeness (QED) is 0.811. The second-order valence-electron chi connectivity index (χ2n) is 4.04. The summed E-state index contributed by atoms with van der Waals surface area (Å²) in [5.41, 5.74) is -0.622. The number of nitrogens with zero attached hydrogens (tertiary/aromatic N) is 1. The van der Waals surface area contributed by atoms with Gasteiger partial charge in [-0.25, -0.2) is 0 Å². The van der Waals surface area contributed by atoms with Gasteiger partial charge in [0.2, 0.25) is 0 Å². The van der Waals surface area contributed by atoms with Gasteiger partial charge in [-0.3, -0.25) is 0 Å². The van der Waals surface area contributed by atoms with Gasteiger partial charge in [0, 0.05) is 6.42 Å². The molecule has 0 aliphatic heterocycles. The average molecular weight is 236 g/mol. The molecular weight excluding hydrogens is 221 g/mol. The van der Waals surface area contributed by atoms with Gasteiger partial charge < -0.3 is 10.1 Å². The van der Waals surface area contributed by atoms with E-state index in [0.29, 0.717) is 19.3 Å². The van der Waals surface area contributed by atoms with Gasteiger partial charge in [0.05, 0.1) is 25.2 Å². The van der Waals surface area contributed by atoms with Crippen molar-refractivity contribution in [1.82, 2.24) is 5.32 Å². The first-order valence-electron chi connectivity index (χ1n) is 5.19. The summed E-state index contributed by atoms with van der Waals surface area (Å²) in [5, 5.41) is 11.8. The molecule has 0 aromatic rings. The fourth-order valence-electron chi connectivity index (χ4n) is 1.87. The molecule has 0 spiro atoms. The highest BCUT2D eigenvalue weighted by atomic mass is 19.4. The van der Waals surface area contributed by atoms with Gasteiger partial charge in [-0.2, -0.15) is 18.4 Å². The molecule has 1 fully saturated rings. The lowest BCUT2D eigenvalue weighted by atomic mass is 10.0. The molecule has 0 amide bonds. The number of nitrogens with one attached hydrogen (secondary N) is 1. The van der Waals surface area contributed by atoms with E-state index in [4.69, 9.17) is 10.00 Å². The van der Waals surface area contributed by atoms with Crippen LogP contribution in [0, 0.1) is 11.3 Å². The lowest BCUT2D eigenvalue weighted by Crippen LogP contribution is -2.39. The van der Waals surface area contributed by atoms with Crippen LogP contribution < -0.4 is 5.32 Å². The van der Waals surface area contributed by atoms with Crippen LogP contribution in [0.5, 0.6) is 0 Å². The van der Waals surface area contributed by atoms with Gasteiger partial charge in [0.25, 0.3) is 0 Å². The number of ether oxygens (including phenoxy) is 1. The lowest BCUT2D eigenvalue weighted by molar-refractivity contribution is -0.148. The Morgan fingerprint density at radius 3 is 2.69 bits per heavy atom. The molecule has 0 radical (unpaired) electrons. The molecule has 2 atom stereocenters. The molecule has 3 nitrogen and oxygen atoms in total. The van der Waals surface area contributed by atoms with Crippen LogP contribution in [-0.4, -0.2) is 31.5 Å². The summed E-state index contributed by atoms with van der Waals surface area (Å²) in [6, 6.07) is 2.15. The van der Waals surface area contributed by atoms with Crippen molar-refractivity contribution in [3.63, 3.8) is 0 Å². The Kier molecular flexibility index (Phi) is 4.16. The van der Waals surface area contributed by atoms with Gasteiger partial charge in [-0.15, -0.1) is 0 Å². The van der Waals surface area contributed by atoms with Gasteiger partial charge in [0.15, 0.2) is 0 Å². The van der Waals surface area contributed by atoms with Crippen molar-refractivity contribution in [2.24, 2.45) is 0 Å². The van der Waals surface area contributed by atoms with E-state index in [1.165, 1.54) is 0 Å². The first kappa shape index (κ1) is 13.3. The van der Waals surface area contributed by atoms with Crippen molar-refractivity contribution >= 4 is 0 Å². The predicted molar refractivity (Wildman–Crippen MR) is 51.7 cm³/mol. The number of nitriles is 1. The van der Waals surface area contributed by atoms with Crippen LogP contribution in [0.1, 0.15) is 25.7 Å². The monoisotopic (exact) mass is 236 g/mol. The summed E-state index contributed by atoms with van der Waals surface area (Å²) in [6.07, 6.45) is -3.63. The summed E-state index contributed by atoms with van der Waals surface area (Å²) < 4.78 is 40.7. The minimum atomic E-state index is -4.17. The van der Waals surface area contributed by atoms with Crippen molar-refractivity contribution in [1.29, 1.82) is 5.26 Å². The van der Waals surface area contributed by atoms with E-state index in [9.17, 15) is 13.2 Å². The molecule has 1 aliphatic carbocycles. The Labute approximate surface area is 92.6 Å². The molecule has 1 N–H and O–H groups in total. The summed E-state index contributed by atoms with van der Waals surface area (Å²) in [7, 11) is 1.68. The minimum Gasteiger partial charge on any atom is -0.378 e. The summed E-state index contributed by atoms with van der Waals surface area (Å²) in [6.45, 7) is -0.320. The smallest absolute Gasteiger partial charge is 0.378 e. The third-order valence-electron chi connectivity index (χ3n) is 2.90. The first-order valence-corrected chi connectivity index (χ1v) is 5.19. The zero-order valence-corrected chi connectivity index (χ0v) is 9.10. The minimum absolute atomic E-state index is 0.241. The van der Waals surface area contributed by atoms with Crippen LogP contribution in [0.2, 0.25) is 0 Å². The van der Waals surface area contributed by atoms with Crippen molar-refractivity contribution in [2.45, 2.75) is 43.5 Å². The standard InChI is InChI=1S/C10H15F3N2O/c1-15-9(7-14)3-2-8(6-9)16-5-4-10(11,12)13/h8,15H,2-6H2,1H3. The van der Waals surface area contributed by atoms with E-state index in [1.807, 2.05) is 0 Å². The lowest BCUT2D eigenvalue weighted by Gasteiger charge is -2.19. The number of alkyl halides is 3. The SMILES string of the molecule is CNC1(C#N)CCC(OCCC(F)(F)F)C1. The molecule has 6 heteroatoms. The van der Waals surface area contributed by atoms with E-state index in [-0.39, 0.29) is 12.7 Å². The highest BCUT2D eigenvalue weighted by Gasteiger charge is 2.39. The summed E-state index contributed by atoms with van der Waals surface area (Å²) >= 11 is 0. The largest absolute Gasteiger partial charge is 0.391 e. The first-order chi connectivity index (χ1) is 7.41. The van der Waals surface area contributed by atoms with Gasteiger partial charge in [-0.05, 0) is 19.9 Å². The number of hydrogen-bond acceptors (Lipinski definition) is 3. The molecular formula is C10H15F3N2O. The topological polar surface area (TPSA) is 45.0 Å². The molecule has 1 aliphatic rings. The second kappa shape index (κ2) is 5.02. The molecule has 2 unspecified atom stereocenters. The van der Waals surface area contributed by atoms with E-state index >= 15 is 0 Å². The highest BCUT2D eigenvalue weighted by Crippen LogP contribution is 2.31. The molecule has 92 valence electrons. The number of hydrogen-bond donors (Lipinski definition) is 1. The Morgan fingerprint density at radius 2 is 2.25 bits per heavy atom. The number of rotatable bonds is 4. The average Bonchev–Trinajstić information content (AvgIpc) is 2.61. The van der Waals surface area contributed by atoms with Crippen LogP contribution >= 0.6 is 0 Å². The van der Waals surface area contributed by atoms with E-state index in [0.717, 1.165) is 0 Å². The summed E-state index contributed by atoms with van der Waals surface area (Å²) in [4.78, 5) is 0. The van der Waals surface area contributed by atoms with Crippen molar-refractivity contribution in [3.05, 3.63) is 0 Å². The van der Waals surface area contributed by atoms with Crippen LogP contribution in [0.3, 0.4) is 0 Å². The Hall–Kier alpha value is -0.800. The highest BCUT2D eigenvalue weighted by molar-refractivity contribution is 5.11. The van der Waals surface area contributed by atoms with E-state index in [2.05, 4.69) is 11.4 Å². The maximum Gasteiger partial charge on any atom is 0.391 e. The second-order valence-corrected chi connectivity index (χ2v) is 4.04.